The first-order valence-corrected chi connectivity index (χ1v) is 5.62. The predicted molar refractivity (Wildman–Crippen MR) is 60.8 cm³/mol. The molecule has 13 heavy (non-hydrogen) atoms. The number of nitrogens with one attached hydrogen (secondary N) is 1. The molecular weight excluding hydrogens is 180 g/mol. The van der Waals surface area contributed by atoms with Crippen LogP contribution in [0.25, 0.3) is 0 Å². The van der Waals surface area contributed by atoms with Crippen molar-refractivity contribution in [2.24, 2.45) is 11.7 Å². The highest BCUT2D eigenvalue weighted by molar-refractivity contribution is 7.80. The maximum absolute atomic E-state index is 5.95. The van der Waals surface area contributed by atoms with Gasteiger partial charge in [-0.15, -0.1) is 0 Å². The molecule has 1 saturated carbocycles. The van der Waals surface area contributed by atoms with E-state index in [0.717, 1.165) is 17.3 Å². The molecular formula is C10H20N2S. The van der Waals surface area contributed by atoms with Crippen molar-refractivity contribution in [2.45, 2.75) is 44.6 Å². The fraction of sp³-hybridized carbons (Fsp3) is 0.900. The molecule has 0 spiro atoms. The van der Waals surface area contributed by atoms with Crippen molar-refractivity contribution in [2.75, 3.05) is 7.05 Å². The molecule has 0 radical (unpaired) electrons. The minimum atomic E-state index is 0.0723. The molecule has 1 rings (SSSR count). The van der Waals surface area contributed by atoms with Crippen LogP contribution in [0.5, 0.6) is 0 Å². The number of nitrogens with two attached hydrogens (primary N) is 1. The summed E-state index contributed by atoms with van der Waals surface area (Å²) >= 11 is 5.11. The summed E-state index contributed by atoms with van der Waals surface area (Å²) in [6.07, 6.45) is 7.93. The van der Waals surface area contributed by atoms with Crippen LogP contribution in [0.3, 0.4) is 0 Å². The van der Waals surface area contributed by atoms with E-state index in [1.165, 1.54) is 32.1 Å². The van der Waals surface area contributed by atoms with Crippen LogP contribution < -0.4 is 11.1 Å². The predicted octanol–water partition coefficient (Wildman–Crippen LogP) is 1.83. The summed E-state index contributed by atoms with van der Waals surface area (Å²) in [5, 5.41) is 2.96. The Morgan fingerprint density at radius 3 is 2.62 bits per heavy atom. The van der Waals surface area contributed by atoms with Gasteiger partial charge in [0.1, 0.15) is 0 Å². The third kappa shape index (κ3) is 3.61. The second-order valence-electron chi connectivity index (χ2n) is 3.96. The number of thiocarbonyl (C=S) groups is 1. The molecule has 0 bridgehead atoms. The van der Waals surface area contributed by atoms with E-state index >= 15 is 0 Å². The molecule has 0 aliphatic heterocycles. The van der Waals surface area contributed by atoms with Crippen LogP contribution >= 0.6 is 12.2 Å². The van der Waals surface area contributed by atoms with Gasteiger partial charge >= 0.3 is 0 Å². The van der Waals surface area contributed by atoms with Gasteiger partial charge in [0.05, 0.1) is 11.0 Å². The van der Waals surface area contributed by atoms with Gasteiger partial charge in [0.15, 0.2) is 0 Å². The van der Waals surface area contributed by atoms with E-state index in [0.29, 0.717) is 0 Å². The molecule has 3 heteroatoms. The molecule has 0 saturated heterocycles. The van der Waals surface area contributed by atoms with Crippen molar-refractivity contribution in [3.05, 3.63) is 0 Å². The van der Waals surface area contributed by atoms with Gasteiger partial charge in [0, 0.05) is 7.05 Å². The summed E-state index contributed by atoms with van der Waals surface area (Å²) in [5.41, 5.74) is 5.95. The lowest BCUT2D eigenvalue weighted by atomic mass is 9.85. The summed E-state index contributed by atoms with van der Waals surface area (Å²) in [6.45, 7) is 0. The van der Waals surface area contributed by atoms with E-state index in [2.05, 4.69) is 5.32 Å². The average Bonchev–Trinajstić information content (AvgIpc) is 2.18. The SMILES string of the molecule is CNC(=S)[C@@H](N)CC1CCCCC1. The van der Waals surface area contributed by atoms with E-state index < -0.39 is 0 Å². The summed E-state index contributed by atoms with van der Waals surface area (Å²) in [6, 6.07) is 0.0723. The summed E-state index contributed by atoms with van der Waals surface area (Å²) < 4.78 is 0. The molecule has 0 amide bonds. The summed E-state index contributed by atoms with van der Waals surface area (Å²) in [7, 11) is 1.85. The van der Waals surface area contributed by atoms with E-state index in [1.54, 1.807) is 0 Å². The molecule has 0 heterocycles. The molecule has 76 valence electrons. The Bertz CT molecular complexity index is 164. The van der Waals surface area contributed by atoms with Crippen molar-refractivity contribution in [1.29, 1.82) is 0 Å². The maximum atomic E-state index is 5.95. The minimum Gasteiger partial charge on any atom is -0.381 e. The first kappa shape index (κ1) is 10.9. The van der Waals surface area contributed by atoms with Crippen LogP contribution in [0.1, 0.15) is 38.5 Å². The van der Waals surface area contributed by atoms with Crippen molar-refractivity contribution in [3.63, 3.8) is 0 Å². The molecule has 1 aliphatic carbocycles. The molecule has 1 atom stereocenters. The first-order valence-electron chi connectivity index (χ1n) is 5.21. The van der Waals surface area contributed by atoms with E-state index in [4.69, 9.17) is 18.0 Å². The fourth-order valence-electron chi connectivity index (χ4n) is 2.07. The van der Waals surface area contributed by atoms with Gasteiger partial charge < -0.3 is 11.1 Å². The number of hydrogen-bond acceptors (Lipinski definition) is 2. The standard InChI is InChI=1S/C10H20N2S/c1-12-10(13)9(11)7-8-5-3-2-4-6-8/h8-9H,2-7,11H2,1H3,(H,12,13)/t9-/m0/s1. The largest absolute Gasteiger partial charge is 0.381 e. The highest BCUT2D eigenvalue weighted by Crippen LogP contribution is 2.26. The Labute approximate surface area is 86.3 Å². The van der Waals surface area contributed by atoms with Crippen molar-refractivity contribution in [3.8, 4) is 0 Å². The van der Waals surface area contributed by atoms with Crippen LogP contribution in [0.2, 0.25) is 0 Å². The first-order chi connectivity index (χ1) is 6.24. The third-order valence-electron chi connectivity index (χ3n) is 2.90. The highest BCUT2D eigenvalue weighted by Gasteiger charge is 2.18. The van der Waals surface area contributed by atoms with Crippen LogP contribution in [-0.2, 0) is 0 Å². The molecule has 0 aromatic rings. The van der Waals surface area contributed by atoms with E-state index in [1.807, 2.05) is 7.05 Å². The zero-order chi connectivity index (χ0) is 9.68. The van der Waals surface area contributed by atoms with Crippen LogP contribution in [0.4, 0.5) is 0 Å². The minimum absolute atomic E-state index is 0.0723. The van der Waals surface area contributed by atoms with Crippen LogP contribution in [-0.4, -0.2) is 18.1 Å². The van der Waals surface area contributed by atoms with Crippen LogP contribution in [0, 0.1) is 5.92 Å². The fourth-order valence-corrected chi connectivity index (χ4v) is 2.17. The van der Waals surface area contributed by atoms with Crippen molar-refractivity contribution < 1.29 is 0 Å². The van der Waals surface area contributed by atoms with E-state index in [9.17, 15) is 0 Å². The number of hydrogen-bond donors (Lipinski definition) is 2. The van der Waals surface area contributed by atoms with Crippen LogP contribution in [0.15, 0.2) is 0 Å². The maximum Gasteiger partial charge on any atom is 0.0921 e. The molecule has 3 N–H and O–H groups in total. The Morgan fingerprint density at radius 2 is 2.08 bits per heavy atom. The second-order valence-corrected chi connectivity index (χ2v) is 4.40. The quantitative estimate of drug-likeness (QED) is 0.683. The van der Waals surface area contributed by atoms with Crippen molar-refractivity contribution >= 4 is 17.2 Å². The summed E-state index contributed by atoms with van der Waals surface area (Å²) in [4.78, 5) is 0.811. The highest BCUT2D eigenvalue weighted by atomic mass is 32.1. The lowest BCUT2D eigenvalue weighted by Gasteiger charge is -2.24. The third-order valence-corrected chi connectivity index (χ3v) is 3.40. The molecule has 2 nitrogen and oxygen atoms in total. The van der Waals surface area contributed by atoms with Gasteiger partial charge in [-0.05, 0) is 12.3 Å². The molecule has 1 aliphatic rings. The lowest BCUT2D eigenvalue weighted by Crippen LogP contribution is -2.38. The molecule has 1 fully saturated rings. The Balaban J connectivity index is 2.25. The smallest absolute Gasteiger partial charge is 0.0921 e. The summed E-state index contributed by atoms with van der Waals surface area (Å²) in [5.74, 6) is 0.815. The zero-order valence-corrected chi connectivity index (χ0v) is 9.20. The lowest BCUT2D eigenvalue weighted by molar-refractivity contribution is 0.333. The van der Waals surface area contributed by atoms with Gasteiger partial charge in [0.2, 0.25) is 0 Å². The average molecular weight is 200 g/mol. The number of likely N-dealkylation sites (N-methyl/N-ethyl adjacent to an activating group) is 1. The zero-order valence-electron chi connectivity index (χ0n) is 8.38. The Hall–Kier alpha value is -0.150. The second kappa shape index (κ2) is 5.55. The Kier molecular flexibility index (Phi) is 4.67. The van der Waals surface area contributed by atoms with Gasteiger partial charge in [-0.25, -0.2) is 0 Å². The van der Waals surface area contributed by atoms with Gasteiger partial charge in [-0.1, -0.05) is 44.3 Å². The molecule has 0 aromatic heterocycles. The van der Waals surface area contributed by atoms with Gasteiger partial charge in [-0.2, -0.15) is 0 Å². The monoisotopic (exact) mass is 200 g/mol. The van der Waals surface area contributed by atoms with Gasteiger partial charge in [-0.3, -0.25) is 0 Å². The number of rotatable bonds is 3. The molecule has 0 unspecified atom stereocenters. The topological polar surface area (TPSA) is 38.0 Å². The van der Waals surface area contributed by atoms with Gasteiger partial charge in [0.25, 0.3) is 0 Å². The van der Waals surface area contributed by atoms with E-state index in [-0.39, 0.29) is 6.04 Å². The Morgan fingerprint density at radius 1 is 1.46 bits per heavy atom. The van der Waals surface area contributed by atoms with Crippen molar-refractivity contribution in [1.82, 2.24) is 5.32 Å². The normalized spacial score (nSPS) is 21.1. The molecule has 0 aromatic carbocycles.